The van der Waals surface area contributed by atoms with Gasteiger partial charge in [-0.15, -0.1) is 0 Å². The van der Waals surface area contributed by atoms with Crippen LogP contribution >= 0.6 is 11.6 Å². The van der Waals surface area contributed by atoms with Crippen molar-refractivity contribution in [1.29, 1.82) is 0 Å². The zero-order valence-corrected chi connectivity index (χ0v) is 27.2. The number of anilines is 2. The molecule has 2 N–H and O–H groups in total. The summed E-state index contributed by atoms with van der Waals surface area (Å²) in [5.74, 6) is -0.792. The molecule has 7 rings (SSSR count). The molecule has 2 aliphatic heterocycles. The molecule has 236 valence electrons. The van der Waals surface area contributed by atoms with Crippen molar-refractivity contribution in [3.8, 4) is 16.8 Å². The van der Waals surface area contributed by atoms with E-state index in [1.54, 1.807) is 23.4 Å². The average molecular weight is 640 g/mol. The van der Waals surface area contributed by atoms with Crippen LogP contribution in [0.15, 0.2) is 54.1 Å². The smallest absolute Gasteiger partial charge is 0.281 e. The van der Waals surface area contributed by atoms with E-state index in [1.165, 1.54) is 10.6 Å². The normalized spacial score (nSPS) is 17.7. The summed E-state index contributed by atoms with van der Waals surface area (Å²) in [6.07, 6.45) is 4.71. The highest BCUT2D eigenvalue weighted by Crippen LogP contribution is 2.46. The van der Waals surface area contributed by atoms with Gasteiger partial charge in [-0.05, 0) is 62.1 Å². The highest BCUT2D eigenvalue weighted by Gasteiger charge is 2.40. The van der Waals surface area contributed by atoms with E-state index in [1.807, 2.05) is 52.8 Å². The molecule has 1 fully saturated rings. The summed E-state index contributed by atoms with van der Waals surface area (Å²) >= 11 is 7.09. The van der Waals surface area contributed by atoms with Crippen molar-refractivity contribution < 1.29 is 9.18 Å². The summed E-state index contributed by atoms with van der Waals surface area (Å²) in [6.45, 7) is 14.8. The molecular formula is C35H35ClFN7O2. The third-order valence-corrected chi connectivity index (χ3v) is 9.73. The number of hydrogen-bond donors (Lipinski definition) is 2. The van der Waals surface area contributed by atoms with Crippen molar-refractivity contribution in [2.45, 2.75) is 52.6 Å². The van der Waals surface area contributed by atoms with Crippen LogP contribution in [-0.4, -0.2) is 62.3 Å². The Morgan fingerprint density at radius 3 is 2.65 bits per heavy atom. The summed E-state index contributed by atoms with van der Waals surface area (Å²) in [5, 5.41) is 12.0. The maximum Gasteiger partial charge on any atom is 0.281 e. The minimum Gasteiger partial charge on any atom is -0.377 e. The highest BCUT2D eigenvalue weighted by molar-refractivity contribution is 6.35. The number of amides is 1. The number of rotatable bonds is 4. The number of pyridine rings is 2. The third kappa shape index (κ3) is 4.34. The second-order valence-corrected chi connectivity index (χ2v) is 13.1. The van der Waals surface area contributed by atoms with E-state index in [4.69, 9.17) is 11.6 Å². The number of carbonyl (C=O) groups excluding carboxylic acids is 1. The first-order valence-electron chi connectivity index (χ1n) is 15.5. The molecule has 9 nitrogen and oxygen atoms in total. The van der Waals surface area contributed by atoms with Gasteiger partial charge in [-0.3, -0.25) is 24.2 Å². The molecule has 2 unspecified atom stereocenters. The minimum absolute atomic E-state index is 0.0432. The SMILES string of the molecule is C=CC(=O)N1CC2CNc3c(c4cc(Cl)c(-c5c(C)ccc6[nH]ncc56)c(F)c4n(-c4c(C)ccnc4C(C)C)c3=O)N2CC1C. The average Bonchev–Trinajstić information content (AvgIpc) is 3.51. The van der Waals surface area contributed by atoms with Crippen molar-refractivity contribution in [3.05, 3.63) is 87.3 Å². The zero-order valence-electron chi connectivity index (χ0n) is 26.4. The van der Waals surface area contributed by atoms with Gasteiger partial charge in [0, 0.05) is 53.8 Å². The van der Waals surface area contributed by atoms with E-state index in [2.05, 4.69) is 32.0 Å². The monoisotopic (exact) mass is 639 g/mol. The van der Waals surface area contributed by atoms with E-state index in [9.17, 15) is 9.59 Å². The molecule has 3 aromatic heterocycles. The number of carbonyl (C=O) groups is 1. The number of aromatic amines is 1. The molecule has 1 saturated heterocycles. The fourth-order valence-electron chi connectivity index (χ4n) is 7.23. The lowest BCUT2D eigenvalue weighted by atomic mass is 9.93. The number of hydrogen-bond acceptors (Lipinski definition) is 6. The Morgan fingerprint density at radius 2 is 1.91 bits per heavy atom. The first-order valence-corrected chi connectivity index (χ1v) is 15.8. The first-order chi connectivity index (χ1) is 22.0. The number of fused-ring (bicyclic) bond motifs is 6. The maximum atomic E-state index is 17.7. The van der Waals surface area contributed by atoms with Gasteiger partial charge in [-0.2, -0.15) is 5.10 Å². The Bertz CT molecular complexity index is 2150. The zero-order chi connectivity index (χ0) is 32.6. The Balaban J connectivity index is 1.61. The van der Waals surface area contributed by atoms with Crippen molar-refractivity contribution in [1.82, 2.24) is 24.6 Å². The number of benzene rings is 2. The van der Waals surface area contributed by atoms with Gasteiger partial charge < -0.3 is 15.1 Å². The van der Waals surface area contributed by atoms with Crippen molar-refractivity contribution in [3.63, 3.8) is 0 Å². The molecule has 5 heterocycles. The van der Waals surface area contributed by atoms with Crippen molar-refractivity contribution >= 4 is 50.7 Å². The van der Waals surface area contributed by atoms with E-state index >= 15 is 4.39 Å². The van der Waals surface area contributed by atoms with Gasteiger partial charge in [0.1, 0.15) is 5.69 Å². The van der Waals surface area contributed by atoms with Gasteiger partial charge in [0.15, 0.2) is 5.82 Å². The number of nitrogens with one attached hydrogen (secondary N) is 2. The molecule has 2 atom stereocenters. The van der Waals surface area contributed by atoms with Gasteiger partial charge in [-0.1, -0.05) is 38.1 Å². The topological polar surface area (TPSA) is 99.1 Å². The number of aromatic nitrogens is 4. The molecular weight excluding hydrogens is 605 g/mol. The molecule has 0 bridgehead atoms. The van der Waals surface area contributed by atoms with Gasteiger partial charge in [0.25, 0.3) is 5.56 Å². The highest BCUT2D eigenvalue weighted by atomic mass is 35.5. The molecule has 2 aliphatic rings. The largest absolute Gasteiger partial charge is 0.377 e. The van der Waals surface area contributed by atoms with Crippen LogP contribution in [0.2, 0.25) is 5.02 Å². The number of piperazine rings is 1. The molecule has 1 amide bonds. The van der Waals surface area contributed by atoms with E-state index in [0.717, 1.165) is 22.0 Å². The fraction of sp³-hybridized carbons (Fsp3) is 0.314. The van der Waals surface area contributed by atoms with E-state index in [0.29, 0.717) is 53.3 Å². The lowest BCUT2D eigenvalue weighted by Crippen LogP contribution is -2.62. The Hall–Kier alpha value is -4.70. The summed E-state index contributed by atoms with van der Waals surface area (Å²) in [6, 6.07) is 7.10. The number of halogens is 2. The maximum absolute atomic E-state index is 17.7. The lowest BCUT2D eigenvalue weighted by molar-refractivity contribution is -0.128. The predicted molar refractivity (Wildman–Crippen MR) is 182 cm³/mol. The van der Waals surface area contributed by atoms with Crippen LogP contribution in [-0.2, 0) is 4.79 Å². The van der Waals surface area contributed by atoms with Crippen LogP contribution in [0.4, 0.5) is 15.8 Å². The number of H-pyrrole nitrogens is 1. The van der Waals surface area contributed by atoms with Crippen LogP contribution < -0.4 is 15.8 Å². The molecule has 0 saturated carbocycles. The molecule has 0 aliphatic carbocycles. The fourth-order valence-corrected chi connectivity index (χ4v) is 7.52. The van der Waals surface area contributed by atoms with Gasteiger partial charge in [0.05, 0.1) is 45.4 Å². The van der Waals surface area contributed by atoms with Crippen molar-refractivity contribution in [2.24, 2.45) is 0 Å². The second kappa shape index (κ2) is 11.0. The van der Waals surface area contributed by atoms with Crippen LogP contribution in [0, 0.1) is 19.7 Å². The first kappa shape index (κ1) is 30.0. The second-order valence-electron chi connectivity index (χ2n) is 12.6. The van der Waals surface area contributed by atoms with Gasteiger partial charge >= 0.3 is 0 Å². The van der Waals surface area contributed by atoms with Gasteiger partial charge in [0.2, 0.25) is 5.91 Å². The quantitative estimate of drug-likeness (QED) is 0.219. The molecule has 46 heavy (non-hydrogen) atoms. The molecule has 2 aromatic carbocycles. The predicted octanol–water partition coefficient (Wildman–Crippen LogP) is 6.48. The molecule has 0 radical (unpaired) electrons. The van der Waals surface area contributed by atoms with Crippen LogP contribution in [0.1, 0.15) is 43.5 Å². The number of nitrogens with zero attached hydrogens (tertiary/aromatic N) is 5. The summed E-state index contributed by atoms with van der Waals surface area (Å²) in [4.78, 5) is 36.1. The van der Waals surface area contributed by atoms with Crippen LogP contribution in [0.25, 0.3) is 38.6 Å². The van der Waals surface area contributed by atoms with Crippen molar-refractivity contribution in [2.75, 3.05) is 29.9 Å². The van der Waals surface area contributed by atoms with E-state index < -0.39 is 5.82 Å². The Morgan fingerprint density at radius 1 is 1.13 bits per heavy atom. The molecule has 11 heteroatoms. The van der Waals surface area contributed by atoms with E-state index in [-0.39, 0.29) is 45.6 Å². The standard InChI is InChI=1S/C35H35ClFN7O2/c1-7-26(45)42-16-21-13-39-31-34(43(21)15-20(42)6)22-12-24(36)28(27-18(4)8-9-25-23(27)14-40-41-25)29(37)33(22)44(35(31)46)32-19(5)10-11-38-30(32)17(2)3/h7-12,14,17,20-21,39H,1,13,15-16H2,2-6H3,(H,40,41). The van der Waals surface area contributed by atoms with Crippen LogP contribution in [0.5, 0.6) is 0 Å². The van der Waals surface area contributed by atoms with Gasteiger partial charge in [-0.25, -0.2) is 4.39 Å². The minimum atomic E-state index is -0.604. The molecule has 0 spiro atoms. The summed E-state index contributed by atoms with van der Waals surface area (Å²) in [5.41, 5.74) is 5.13. The third-order valence-electron chi connectivity index (χ3n) is 9.43. The Kier molecular flexibility index (Phi) is 7.15. The Labute approximate surface area is 270 Å². The van der Waals surface area contributed by atoms with Crippen LogP contribution in [0.3, 0.4) is 0 Å². The summed E-state index contributed by atoms with van der Waals surface area (Å²) < 4.78 is 19.2. The molecule has 5 aromatic rings. The lowest BCUT2D eigenvalue weighted by Gasteiger charge is -2.49. The summed E-state index contributed by atoms with van der Waals surface area (Å²) in [7, 11) is 0. The number of aryl methyl sites for hydroxylation is 2.